The van der Waals surface area contributed by atoms with Crippen LogP contribution in [0.3, 0.4) is 0 Å². The van der Waals surface area contributed by atoms with Crippen molar-refractivity contribution in [3.05, 3.63) is 70.4 Å². The normalized spacial score (nSPS) is 14.3. The van der Waals surface area contributed by atoms with E-state index in [2.05, 4.69) is 5.32 Å². The molecule has 140 valence electrons. The van der Waals surface area contributed by atoms with Crippen LogP contribution in [0.25, 0.3) is 5.57 Å². The second-order valence-electron chi connectivity index (χ2n) is 6.81. The molecular weight excluding hydrogens is 340 g/mol. The first-order valence-corrected chi connectivity index (χ1v) is 8.93. The maximum atomic E-state index is 13.0. The van der Waals surface area contributed by atoms with Crippen molar-refractivity contribution in [2.45, 2.75) is 20.8 Å². The summed E-state index contributed by atoms with van der Waals surface area (Å²) in [5, 5.41) is 3.21. The van der Waals surface area contributed by atoms with E-state index in [4.69, 9.17) is 4.74 Å². The number of anilines is 1. The van der Waals surface area contributed by atoms with Gasteiger partial charge in [-0.1, -0.05) is 47.5 Å². The molecule has 3 rings (SSSR count). The van der Waals surface area contributed by atoms with Gasteiger partial charge in [0, 0.05) is 12.8 Å². The van der Waals surface area contributed by atoms with Gasteiger partial charge < -0.3 is 10.1 Å². The molecule has 0 saturated heterocycles. The minimum absolute atomic E-state index is 0.224. The summed E-state index contributed by atoms with van der Waals surface area (Å²) in [5.41, 5.74) is 5.50. The highest BCUT2D eigenvalue weighted by atomic mass is 16.5. The molecule has 0 fully saturated rings. The average Bonchev–Trinajstić information content (AvgIpc) is 2.86. The summed E-state index contributed by atoms with van der Waals surface area (Å²) in [7, 11) is 1.55. The van der Waals surface area contributed by atoms with Crippen LogP contribution in [0.5, 0.6) is 0 Å². The summed E-state index contributed by atoms with van der Waals surface area (Å²) < 4.78 is 5.06. The molecule has 0 radical (unpaired) electrons. The van der Waals surface area contributed by atoms with E-state index in [0.717, 1.165) is 27.9 Å². The monoisotopic (exact) mass is 364 g/mol. The summed E-state index contributed by atoms with van der Waals surface area (Å²) in [6.45, 7) is 6.51. The van der Waals surface area contributed by atoms with Gasteiger partial charge in [0.15, 0.2) is 0 Å². The lowest BCUT2D eigenvalue weighted by molar-refractivity contribution is -0.137. The second kappa shape index (κ2) is 7.76. The van der Waals surface area contributed by atoms with Gasteiger partial charge in [-0.2, -0.15) is 0 Å². The Labute approximate surface area is 159 Å². The first-order valence-electron chi connectivity index (χ1n) is 8.93. The average molecular weight is 364 g/mol. The molecule has 1 N–H and O–H groups in total. The third-order valence-electron chi connectivity index (χ3n) is 4.67. The highest BCUT2D eigenvalue weighted by Crippen LogP contribution is 2.31. The van der Waals surface area contributed by atoms with E-state index in [1.807, 2.05) is 63.2 Å². The topological polar surface area (TPSA) is 58.6 Å². The number of aryl methyl sites for hydroxylation is 3. The van der Waals surface area contributed by atoms with Crippen LogP contribution in [0.2, 0.25) is 0 Å². The molecule has 2 aromatic rings. The largest absolute Gasteiger partial charge is 0.383 e. The van der Waals surface area contributed by atoms with Crippen LogP contribution < -0.4 is 5.32 Å². The second-order valence-corrected chi connectivity index (χ2v) is 6.81. The lowest BCUT2D eigenvalue weighted by Crippen LogP contribution is -2.35. The van der Waals surface area contributed by atoms with Crippen LogP contribution >= 0.6 is 0 Å². The van der Waals surface area contributed by atoms with Crippen LogP contribution in [-0.4, -0.2) is 37.0 Å². The van der Waals surface area contributed by atoms with Gasteiger partial charge in [-0.25, -0.2) is 0 Å². The number of ether oxygens (including phenoxy) is 1. The van der Waals surface area contributed by atoms with E-state index in [0.29, 0.717) is 17.9 Å². The molecule has 0 unspecified atom stereocenters. The molecule has 0 aliphatic carbocycles. The number of rotatable bonds is 6. The van der Waals surface area contributed by atoms with Gasteiger partial charge in [0.25, 0.3) is 11.8 Å². The number of nitrogens with one attached hydrogen (secondary N) is 1. The van der Waals surface area contributed by atoms with Crippen LogP contribution in [0.1, 0.15) is 22.3 Å². The Morgan fingerprint density at radius 1 is 0.926 bits per heavy atom. The molecule has 1 heterocycles. The summed E-state index contributed by atoms with van der Waals surface area (Å²) in [6, 6.07) is 13.6. The SMILES string of the molecule is COCCN1C(=O)C(Nc2ccc(C)cc2C)=C(c2ccc(C)cc2)C1=O. The zero-order valence-electron chi connectivity index (χ0n) is 16.1. The molecule has 0 saturated carbocycles. The van der Waals surface area contributed by atoms with Crippen molar-refractivity contribution >= 4 is 23.1 Å². The van der Waals surface area contributed by atoms with Gasteiger partial charge in [-0.3, -0.25) is 14.5 Å². The number of amides is 2. The quantitative estimate of drug-likeness (QED) is 0.798. The molecule has 5 heteroatoms. The summed E-state index contributed by atoms with van der Waals surface area (Å²) in [4.78, 5) is 27.2. The van der Waals surface area contributed by atoms with Gasteiger partial charge in [0.05, 0.1) is 18.7 Å². The van der Waals surface area contributed by atoms with Crippen LogP contribution in [0.4, 0.5) is 5.69 Å². The minimum Gasteiger partial charge on any atom is -0.383 e. The van der Waals surface area contributed by atoms with Gasteiger partial charge >= 0.3 is 0 Å². The number of benzene rings is 2. The van der Waals surface area contributed by atoms with E-state index in [1.54, 1.807) is 7.11 Å². The first-order chi connectivity index (χ1) is 12.9. The molecule has 27 heavy (non-hydrogen) atoms. The molecule has 1 aliphatic heterocycles. The van der Waals surface area contributed by atoms with Crippen LogP contribution in [0.15, 0.2) is 48.2 Å². The van der Waals surface area contributed by atoms with E-state index in [9.17, 15) is 9.59 Å². The van der Waals surface area contributed by atoms with Crippen molar-refractivity contribution in [3.63, 3.8) is 0 Å². The highest BCUT2D eigenvalue weighted by Gasteiger charge is 2.39. The smallest absolute Gasteiger partial charge is 0.278 e. The maximum absolute atomic E-state index is 13.0. The zero-order chi connectivity index (χ0) is 19.6. The third-order valence-corrected chi connectivity index (χ3v) is 4.67. The van der Waals surface area contributed by atoms with Crippen molar-refractivity contribution in [2.24, 2.45) is 0 Å². The molecular formula is C22H24N2O3. The van der Waals surface area contributed by atoms with Crippen molar-refractivity contribution in [1.29, 1.82) is 0 Å². The van der Waals surface area contributed by atoms with Gasteiger partial charge in [0.2, 0.25) is 0 Å². The van der Waals surface area contributed by atoms with E-state index >= 15 is 0 Å². The Bertz CT molecular complexity index is 914. The number of hydrogen-bond acceptors (Lipinski definition) is 4. The predicted molar refractivity (Wildman–Crippen MR) is 106 cm³/mol. The number of carbonyl (C=O) groups is 2. The van der Waals surface area contributed by atoms with Crippen molar-refractivity contribution in [3.8, 4) is 0 Å². The third kappa shape index (κ3) is 3.78. The lowest BCUT2D eigenvalue weighted by Gasteiger charge is -2.15. The molecule has 0 atom stereocenters. The maximum Gasteiger partial charge on any atom is 0.278 e. The zero-order valence-corrected chi connectivity index (χ0v) is 16.1. The molecule has 5 nitrogen and oxygen atoms in total. The number of hydrogen-bond donors (Lipinski definition) is 1. The van der Waals surface area contributed by atoms with E-state index < -0.39 is 0 Å². The Kier molecular flexibility index (Phi) is 5.42. The fraction of sp³-hybridized carbons (Fsp3) is 0.273. The molecule has 2 amide bonds. The van der Waals surface area contributed by atoms with Gasteiger partial charge in [-0.05, 0) is 38.0 Å². The van der Waals surface area contributed by atoms with Crippen molar-refractivity contribution < 1.29 is 14.3 Å². The van der Waals surface area contributed by atoms with E-state index in [-0.39, 0.29) is 18.4 Å². The number of methoxy groups -OCH3 is 1. The molecule has 0 spiro atoms. The standard InChI is InChI=1S/C22H24N2O3/c1-14-5-8-17(9-6-14)19-20(22(26)24(21(19)25)11-12-27-4)23-18-10-7-15(2)13-16(18)3/h5-10,13,23H,11-12H2,1-4H3. The summed E-state index contributed by atoms with van der Waals surface area (Å²) in [6.07, 6.45) is 0. The first kappa shape index (κ1) is 18.9. The fourth-order valence-corrected chi connectivity index (χ4v) is 3.15. The Balaban J connectivity index is 2.05. The molecule has 0 aromatic heterocycles. The number of nitrogens with zero attached hydrogens (tertiary/aromatic N) is 1. The molecule has 1 aliphatic rings. The molecule has 0 bridgehead atoms. The minimum atomic E-state index is -0.326. The Morgan fingerprint density at radius 3 is 2.22 bits per heavy atom. The van der Waals surface area contributed by atoms with Crippen LogP contribution in [0, 0.1) is 20.8 Å². The fourth-order valence-electron chi connectivity index (χ4n) is 3.15. The van der Waals surface area contributed by atoms with Crippen molar-refractivity contribution in [2.75, 3.05) is 25.6 Å². The predicted octanol–water partition coefficient (Wildman–Crippen LogP) is 3.45. The Morgan fingerprint density at radius 2 is 1.59 bits per heavy atom. The summed E-state index contributed by atoms with van der Waals surface area (Å²) >= 11 is 0. The number of imide groups is 1. The van der Waals surface area contributed by atoms with Crippen molar-refractivity contribution in [1.82, 2.24) is 4.90 Å². The van der Waals surface area contributed by atoms with Crippen LogP contribution in [-0.2, 0) is 14.3 Å². The molecule has 2 aromatic carbocycles. The van der Waals surface area contributed by atoms with Gasteiger partial charge in [0.1, 0.15) is 5.70 Å². The Hall–Kier alpha value is -2.92. The lowest BCUT2D eigenvalue weighted by atomic mass is 10.0. The van der Waals surface area contributed by atoms with E-state index in [1.165, 1.54) is 4.90 Å². The summed E-state index contributed by atoms with van der Waals surface area (Å²) in [5.74, 6) is -0.624. The van der Waals surface area contributed by atoms with Gasteiger partial charge in [-0.15, -0.1) is 0 Å². The highest BCUT2D eigenvalue weighted by molar-refractivity contribution is 6.36. The number of carbonyl (C=O) groups excluding carboxylic acids is 2.